The van der Waals surface area contributed by atoms with Crippen molar-refractivity contribution in [1.29, 1.82) is 0 Å². The van der Waals surface area contributed by atoms with Crippen molar-refractivity contribution in [3.05, 3.63) is 0 Å². The summed E-state index contributed by atoms with van der Waals surface area (Å²) < 4.78 is 0. The summed E-state index contributed by atoms with van der Waals surface area (Å²) >= 11 is 0. The van der Waals surface area contributed by atoms with Gasteiger partial charge in [-0.05, 0) is 34.1 Å². The first-order valence-electron chi connectivity index (χ1n) is 5.17. The molecule has 14 heavy (non-hydrogen) atoms. The summed E-state index contributed by atoms with van der Waals surface area (Å²) in [6.45, 7) is 9.08. The average molecular weight is 206 g/mol. The minimum atomic E-state index is -0.315. The maximum Gasteiger partial charge on any atom is 0.104 e. The third-order valence-corrected chi connectivity index (χ3v) is 2.06. The number of aliphatic hydroxyl groups excluding tert-OH is 2. The third kappa shape index (κ3) is 11.8. The molecule has 4 nitrogen and oxygen atoms in total. The van der Waals surface area contributed by atoms with Crippen LogP contribution in [0.2, 0.25) is 0 Å². The van der Waals surface area contributed by atoms with Gasteiger partial charge in [-0.2, -0.15) is 0 Å². The standard InChI is InChI=1S/C6H15NO.C4H11NO/c1-3-7(4-2)5-6-8;1-4(6)5(2)3/h8H,3-6H2,1-2H3;4,6H,1-3H3. The number of nitrogens with zero attached hydrogens (tertiary/aromatic N) is 2. The second-order valence-electron chi connectivity index (χ2n) is 3.35. The van der Waals surface area contributed by atoms with E-state index in [4.69, 9.17) is 10.2 Å². The normalized spacial score (nSPS) is 12.6. The van der Waals surface area contributed by atoms with E-state index < -0.39 is 0 Å². The molecule has 4 heteroatoms. The number of likely N-dealkylation sites (N-methyl/N-ethyl adjacent to an activating group) is 1. The Bertz CT molecular complexity index is 98.3. The fraction of sp³-hybridized carbons (Fsp3) is 1.00. The predicted octanol–water partition coefficient (Wildman–Crippen LogP) is 0.207. The largest absolute Gasteiger partial charge is 0.395 e. The van der Waals surface area contributed by atoms with Gasteiger partial charge in [-0.1, -0.05) is 13.8 Å². The molecule has 0 saturated carbocycles. The Kier molecular flexibility index (Phi) is 12.7. The van der Waals surface area contributed by atoms with Crippen molar-refractivity contribution in [1.82, 2.24) is 9.80 Å². The SMILES string of the molecule is CC(O)N(C)C.CCN(CC)CCO. The summed E-state index contributed by atoms with van der Waals surface area (Å²) in [5.41, 5.74) is 0. The van der Waals surface area contributed by atoms with E-state index in [1.54, 1.807) is 11.8 Å². The fourth-order valence-corrected chi connectivity index (χ4v) is 0.681. The van der Waals surface area contributed by atoms with E-state index in [2.05, 4.69) is 18.7 Å². The Morgan fingerprint density at radius 2 is 1.50 bits per heavy atom. The Balaban J connectivity index is 0. The molecule has 1 atom stereocenters. The van der Waals surface area contributed by atoms with Crippen LogP contribution < -0.4 is 0 Å². The predicted molar refractivity (Wildman–Crippen MR) is 60.2 cm³/mol. The van der Waals surface area contributed by atoms with Gasteiger partial charge in [0.2, 0.25) is 0 Å². The summed E-state index contributed by atoms with van der Waals surface area (Å²) in [5, 5.41) is 17.0. The second-order valence-corrected chi connectivity index (χ2v) is 3.35. The molecule has 0 radical (unpaired) electrons. The van der Waals surface area contributed by atoms with Crippen LogP contribution in [0.5, 0.6) is 0 Å². The lowest BCUT2D eigenvalue weighted by Crippen LogP contribution is -2.25. The molecule has 88 valence electrons. The zero-order valence-corrected chi connectivity index (χ0v) is 10.2. The molecule has 0 aromatic rings. The maximum atomic E-state index is 8.56. The van der Waals surface area contributed by atoms with Crippen molar-refractivity contribution in [3.63, 3.8) is 0 Å². The van der Waals surface area contributed by atoms with Gasteiger partial charge in [-0.25, -0.2) is 0 Å². The van der Waals surface area contributed by atoms with E-state index in [0.29, 0.717) is 0 Å². The second kappa shape index (κ2) is 10.9. The van der Waals surface area contributed by atoms with Gasteiger partial charge in [0.1, 0.15) is 6.23 Å². The van der Waals surface area contributed by atoms with Gasteiger partial charge in [0.25, 0.3) is 0 Å². The number of hydrogen-bond donors (Lipinski definition) is 2. The summed E-state index contributed by atoms with van der Waals surface area (Å²) in [5.74, 6) is 0. The van der Waals surface area contributed by atoms with Crippen LogP contribution in [0.1, 0.15) is 20.8 Å². The van der Waals surface area contributed by atoms with Crippen molar-refractivity contribution in [2.45, 2.75) is 27.0 Å². The molecule has 0 heterocycles. The van der Waals surface area contributed by atoms with Crippen molar-refractivity contribution in [2.24, 2.45) is 0 Å². The first-order chi connectivity index (χ1) is 6.49. The van der Waals surface area contributed by atoms with Crippen LogP contribution >= 0.6 is 0 Å². The molecule has 0 bridgehead atoms. The molecule has 0 aromatic carbocycles. The van der Waals surface area contributed by atoms with Crippen molar-refractivity contribution < 1.29 is 10.2 Å². The van der Waals surface area contributed by atoms with Gasteiger partial charge in [0.15, 0.2) is 0 Å². The maximum absolute atomic E-state index is 8.56. The molecule has 0 aliphatic carbocycles. The van der Waals surface area contributed by atoms with Crippen LogP contribution in [0.4, 0.5) is 0 Å². The highest BCUT2D eigenvalue weighted by Crippen LogP contribution is 1.82. The van der Waals surface area contributed by atoms with E-state index >= 15 is 0 Å². The summed E-state index contributed by atoms with van der Waals surface area (Å²) in [6.07, 6.45) is -0.315. The van der Waals surface area contributed by atoms with Crippen molar-refractivity contribution in [3.8, 4) is 0 Å². The smallest absolute Gasteiger partial charge is 0.104 e. The van der Waals surface area contributed by atoms with Crippen LogP contribution in [0.15, 0.2) is 0 Å². The summed E-state index contributed by atoms with van der Waals surface area (Å²) in [6, 6.07) is 0. The van der Waals surface area contributed by atoms with Crippen LogP contribution in [0, 0.1) is 0 Å². The molecule has 0 aromatic heterocycles. The van der Waals surface area contributed by atoms with Crippen molar-refractivity contribution in [2.75, 3.05) is 40.3 Å². The topological polar surface area (TPSA) is 46.9 Å². The average Bonchev–Trinajstić information content (AvgIpc) is 2.15. The molecular formula is C10H26N2O2. The Morgan fingerprint density at radius 1 is 1.14 bits per heavy atom. The first-order valence-corrected chi connectivity index (χ1v) is 5.17. The highest BCUT2D eigenvalue weighted by Gasteiger charge is 1.93. The van der Waals surface area contributed by atoms with Crippen molar-refractivity contribution >= 4 is 0 Å². The van der Waals surface area contributed by atoms with Crippen LogP contribution in [0.25, 0.3) is 0 Å². The minimum Gasteiger partial charge on any atom is -0.395 e. The molecule has 1 unspecified atom stereocenters. The highest BCUT2D eigenvalue weighted by atomic mass is 16.3. The van der Waals surface area contributed by atoms with Gasteiger partial charge in [0.05, 0.1) is 6.61 Å². The zero-order chi connectivity index (χ0) is 11.6. The molecular weight excluding hydrogens is 180 g/mol. The van der Waals surface area contributed by atoms with E-state index in [9.17, 15) is 0 Å². The van der Waals surface area contributed by atoms with E-state index in [1.165, 1.54) is 0 Å². The number of aliphatic hydroxyl groups is 2. The molecule has 0 saturated heterocycles. The van der Waals surface area contributed by atoms with Gasteiger partial charge in [-0.3, -0.25) is 4.90 Å². The summed E-state index contributed by atoms with van der Waals surface area (Å²) in [4.78, 5) is 3.90. The van der Waals surface area contributed by atoms with E-state index in [0.717, 1.165) is 19.6 Å². The highest BCUT2D eigenvalue weighted by molar-refractivity contribution is 4.47. The molecule has 0 fully saturated rings. The fourth-order valence-electron chi connectivity index (χ4n) is 0.681. The Hall–Kier alpha value is -0.160. The molecule has 0 rings (SSSR count). The quantitative estimate of drug-likeness (QED) is 0.631. The molecule has 0 aliphatic rings. The lowest BCUT2D eigenvalue weighted by Gasteiger charge is -2.15. The summed E-state index contributed by atoms with van der Waals surface area (Å²) in [7, 11) is 3.65. The molecule has 0 spiro atoms. The molecule has 2 N–H and O–H groups in total. The molecule has 0 amide bonds. The third-order valence-electron chi connectivity index (χ3n) is 2.06. The minimum absolute atomic E-state index is 0.279. The van der Waals surface area contributed by atoms with Gasteiger partial charge in [-0.15, -0.1) is 0 Å². The van der Waals surface area contributed by atoms with Crippen LogP contribution in [0.3, 0.4) is 0 Å². The van der Waals surface area contributed by atoms with Crippen LogP contribution in [-0.2, 0) is 0 Å². The van der Waals surface area contributed by atoms with Gasteiger partial charge >= 0.3 is 0 Å². The van der Waals surface area contributed by atoms with Gasteiger partial charge < -0.3 is 15.1 Å². The molecule has 0 aliphatic heterocycles. The zero-order valence-electron chi connectivity index (χ0n) is 10.2. The first kappa shape index (κ1) is 16.3. The Morgan fingerprint density at radius 3 is 1.57 bits per heavy atom. The van der Waals surface area contributed by atoms with E-state index in [1.807, 2.05) is 14.1 Å². The Labute approximate surface area is 88.1 Å². The van der Waals surface area contributed by atoms with Crippen LogP contribution in [-0.4, -0.2) is 66.6 Å². The van der Waals surface area contributed by atoms with E-state index in [-0.39, 0.29) is 12.8 Å². The number of rotatable bonds is 5. The van der Waals surface area contributed by atoms with Gasteiger partial charge in [0, 0.05) is 6.54 Å². The lowest BCUT2D eigenvalue weighted by atomic mass is 10.5. The lowest BCUT2D eigenvalue weighted by molar-refractivity contribution is 0.0578. The number of hydrogen-bond acceptors (Lipinski definition) is 4. The monoisotopic (exact) mass is 206 g/mol.